The Morgan fingerprint density at radius 3 is 2.82 bits per heavy atom. The summed E-state index contributed by atoms with van der Waals surface area (Å²) in [5, 5.41) is 3.55. The maximum absolute atomic E-state index is 12.3. The van der Waals surface area contributed by atoms with Crippen LogP contribution in [0.4, 0.5) is 0 Å². The summed E-state index contributed by atoms with van der Waals surface area (Å²) in [6.45, 7) is 1.80. The molecule has 1 unspecified atom stereocenters. The number of nitrogens with one attached hydrogen (secondary N) is 1. The number of amides is 1. The number of benzene rings is 1. The molecule has 1 aliphatic heterocycles. The maximum atomic E-state index is 12.3. The Morgan fingerprint density at radius 1 is 1.41 bits per heavy atom. The molecule has 7 heteroatoms. The van der Waals surface area contributed by atoms with Gasteiger partial charge in [0.25, 0.3) is 5.91 Å². The fourth-order valence-electron chi connectivity index (χ4n) is 2.70. The Hall–Kier alpha value is -2.02. The van der Waals surface area contributed by atoms with E-state index in [-0.39, 0.29) is 29.2 Å². The lowest BCUT2D eigenvalue weighted by molar-refractivity contribution is 0.0914. The monoisotopic (exact) mass is 323 g/mol. The number of fused-ring (bicyclic) bond motifs is 1. The van der Waals surface area contributed by atoms with Crippen LogP contribution < -0.4 is 10.1 Å². The fraction of sp³-hybridized carbons (Fsp3) is 0.400. The SMILES string of the molecule is COc1ccc2oc(C(=O)NC3CCS(=O)(=O)C3)c(C)c2c1. The van der Waals surface area contributed by atoms with E-state index in [4.69, 9.17) is 9.15 Å². The van der Waals surface area contributed by atoms with E-state index in [9.17, 15) is 13.2 Å². The molecule has 1 aliphatic rings. The first-order valence-electron chi connectivity index (χ1n) is 6.98. The number of carbonyl (C=O) groups is 1. The van der Waals surface area contributed by atoms with E-state index in [2.05, 4.69) is 5.32 Å². The summed E-state index contributed by atoms with van der Waals surface area (Å²) in [7, 11) is -1.45. The number of methoxy groups -OCH3 is 1. The summed E-state index contributed by atoms with van der Waals surface area (Å²) < 4.78 is 33.7. The van der Waals surface area contributed by atoms with Gasteiger partial charge in [-0.2, -0.15) is 0 Å². The Labute approximate surface area is 128 Å². The average molecular weight is 323 g/mol. The van der Waals surface area contributed by atoms with Crippen LogP contribution in [0.1, 0.15) is 22.5 Å². The van der Waals surface area contributed by atoms with Gasteiger partial charge in [0.1, 0.15) is 11.3 Å². The maximum Gasteiger partial charge on any atom is 0.287 e. The van der Waals surface area contributed by atoms with Crippen molar-refractivity contribution >= 4 is 26.7 Å². The topological polar surface area (TPSA) is 85.6 Å². The number of sulfone groups is 1. The second-order valence-corrected chi connectivity index (χ2v) is 7.72. The standard InChI is InChI=1S/C15H17NO5S/c1-9-12-7-11(20-2)3-4-13(12)21-14(9)15(17)16-10-5-6-22(18,19)8-10/h3-4,7,10H,5-6,8H2,1-2H3,(H,16,17). The first kappa shape index (κ1) is 14.9. The Morgan fingerprint density at radius 2 is 2.18 bits per heavy atom. The van der Waals surface area contributed by atoms with E-state index in [0.717, 1.165) is 5.39 Å². The third-order valence-corrected chi connectivity index (χ3v) is 5.69. The van der Waals surface area contributed by atoms with Crippen LogP contribution in [0.2, 0.25) is 0 Å². The zero-order valence-corrected chi connectivity index (χ0v) is 13.2. The Bertz CT molecular complexity index is 837. The molecule has 3 rings (SSSR count). The molecule has 1 saturated heterocycles. The summed E-state index contributed by atoms with van der Waals surface area (Å²) >= 11 is 0. The second kappa shape index (κ2) is 5.31. The van der Waals surface area contributed by atoms with E-state index in [1.807, 2.05) is 6.07 Å². The van der Waals surface area contributed by atoms with Crippen molar-refractivity contribution in [1.29, 1.82) is 0 Å². The third kappa shape index (κ3) is 2.68. The molecule has 1 N–H and O–H groups in total. The van der Waals surface area contributed by atoms with Crippen LogP contribution in [-0.2, 0) is 9.84 Å². The Kier molecular flexibility index (Phi) is 3.60. The van der Waals surface area contributed by atoms with Crippen LogP contribution in [0.25, 0.3) is 11.0 Å². The lowest BCUT2D eigenvalue weighted by Gasteiger charge is -2.09. The van der Waals surface area contributed by atoms with E-state index >= 15 is 0 Å². The van der Waals surface area contributed by atoms with Gasteiger partial charge in [0, 0.05) is 17.0 Å². The van der Waals surface area contributed by atoms with Crippen molar-refractivity contribution in [1.82, 2.24) is 5.32 Å². The summed E-state index contributed by atoms with van der Waals surface area (Å²) in [5.41, 5.74) is 1.31. The minimum Gasteiger partial charge on any atom is -0.497 e. The van der Waals surface area contributed by atoms with Crippen LogP contribution in [0.5, 0.6) is 5.75 Å². The molecule has 0 radical (unpaired) electrons. The molecule has 1 atom stereocenters. The number of hydrogen-bond acceptors (Lipinski definition) is 5. The van der Waals surface area contributed by atoms with Crippen molar-refractivity contribution in [2.45, 2.75) is 19.4 Å². The van der Waals surface area contributed by atoms with Crippen molar-refractivity contribution in [2.24, 2.45) is 0 Å². The number of ether oxygens (including phenoxy) is 1. The fourth-order valence-corrected chi connectivity index (χ4v) is 4.38. The molecule has 1 aromatic carbocycles. The minimum atomic E-state index is -3.03. The van der Waals surface area contributed by atoms with Gasteiger partial charge in [0.2, 0.25) is 0 Å². The van der Waals surface area contributed by atoms with Crippen LogP contribution in [0.3, 0.4) is 0 Å². The first-order valence-corrected chi connectivity index (χ1v) is 8.80. The molecule has 118 valence electrons. The normalized spacial score (nSPS) is 20.2. The largest absolute Gasteiger partial charge is 0.497 e. The quantitative estimate of drug-likeness (QED) is 0.928. The molecule has 2 aromatic rings. The van der Waals surface area contributed by atoms with Gasteiger partial charge in [-0.3, -0.25) is 4.79 Å². The highest BCUT2D eigenvalue weighted by Crippen LogP contribution is 2.29. The molecule has 22 heavy (non-hydrogen) atoms. The van der Waals surface area contributed by atoms with Crippen molar-refractivity contribution in [2.75, 3.05) is 18.6 Å². The van der Waals surface area contributed by atoms with Gasteiger partial charge >= 0.3 is 0 Å². The van der Waals surface area contributed by atoms with E-state index in [1.165, 1.54) is 0 Å². The zero-order valence-electron chi connectivity index (χ0n) is 12.4. The number of hydrogen-bond donors (Lipinski definition) is 1. The average Bonchev–Trinajstić information content (AvgIpc) is 2.98. The summed E-state index contributed by atoms with van der Waals surface area (Å²) in [5.74, 6) is 0.632. The highest BCUT2D eigenvalue weighted by atomic mass is 32.2. The van der Waals surface area contributed by atoms with Crippen molar-refractivity contribution in [3.05, 3.63) is 29.5 Å². The smallest absolute Gasteiger partial charge is 0.287 e. The van der Waals surface area contributed by atoms with Gasteiger partial charge in [0.15, 0.2) is 15.6 Å². The van der Waals surface area contributed by atoms with Gasteiger partial charge in [-0.15, -0.1) is 0 Å². The van der Waals surface area contributed by atoms with Gasteiger partial charge in [-0.1, -0.05) is 0 Å². The highest BCUT2D eigenvalue weighted by Gasteiger charge is 2.30. The van der Waals surface area contributed by atoms with Crippen LogP contribution in [0, 0.1) is 6.92 Å². The summed E-state index contributed by atoms with van der Waals surface area (Å²) in [6, 6.07) is 4.97. The highest BCUT2D eigenvalue weighted by molar-refractivity contribution is 7.91. The molecule has 0 saturated carbocycles. The van der Waals surface area contributed by atoms with Gasteiger partial charge < -0.3 is 14.5 Å². The molecular formula is C15H17NO5S. The van der Waals surface area contributed by atoms with Crippen molar-refractivity contribution < 1.29 is 22.4 Å². The van der Waals surface area contributed by atoms with Crippen molar-refractivity contribution in [3.63, 3.8) is 0 Å². The molecule has 1 amide bonds. The molecule has 1 aromatic heterocycles. The second-order valence-electron chi connectivity index (χ2n) is 5.49. The summed E-state index contributed by atoms with van der Waals surface area (Å²) in [4.78, 5) is 12.3. The van der Waals surface area contributed by atoms with Crippen LogP contribution in [-0.4, -0.2) is 39.0 Å². The number of carbonyl (C=O) groups excluding carboxylic acids is 1. The lowest BCUT2D eigenvalue weighted by Crippen LogP contribution is -2.35. The molecular weight excluding hydrogens is 306 g/mol. The lowest BCUT2D eigenvalue weighted by atomic mass is 10.1. The number of furan rings is 1. The predicted octanol–water partition coefficient (Wildman–Crippen LogP) is 1.67. The predicted molar refractivity (Wildman–Crippen MR) is 82.0 cm³/mol. The van der Waals surface area contributed by atoms with Crippen molar-refractivity contribution in [3.8, 4) is 5.75 Å². The number of rotatable bonds is 3. The van der Waals surface area contributed by atoms with E-state index in [0.29, 0.717) is 23.3 Å². The van der Waals surface area contributed by atoms with Crippen LogP contribution in [0.15, 0.2) is 22.6 Å². The number of aryl methyl sites for hydroxylation is 1. The minimum absolute atomic E-state index is 0.00810. The third-order valence-electron chi connectivity index (χ3n) is 3.92. The Balaban J connectivity index is 1.86. The molecule has 2 heterocycles. The summed E-state index contributed by atoms with van der Waals surface area (Å²) in [6.07, 6.45) is 0.446. The van der Waals surface area contributed by atoms with Gasteiger partial charge in [-0.25, -0.2) is 8.42 Å². The van der Waals surface area contributed by atoms with E-state index < -0.39 is 9.84 Å². The first-order chi connectivity index (χ1) is 10.4. The molecule has 1 fully saturated rings. The van der Waals surface area contributed by atoms with Crippen LogP contribution >= 0.6 is 0 Å². The molecule has 0 spiro atoms. The van der Waals surface area contributed by atoms with E-state index in [1.54, 1.807) is 26.2 Å². The van der Waals surface area contributed by atoms with Gasteiger partial charge in [-0.05, 0) is 31.5 Å². The molecule has 0 aliphatic carbocycles. The van der Waals surface area contributed by atoms with Gasteiger partial charge in [0.05, 0.1) is 18.6 Å². The zero-order chi connectivity index (χ0) is 15.9. The molecule has 0 bridgehead atoms. The molecule has 6 nitrogen and oxygen atoms in total.